The minimum atomic E-state index is -0.564. The third-order valence-electron chi connectivity index (χ3n) is 3.50. The second-order valence-electron chi connectivity index (χ2n) is 4.87. The molecule has 0 bridgehead atoms. The summed E-state index contributed by atoms with van der Waals surface area (Å²) in [5.74, 6) is 1.16. The normalized spacial score (nSPS) is 13.4. The predicted octanol–water partition coefficient (Wildman–Crippen LogP) is 2.41. The number of hydrogen-bond donors (Lipinski definition) is 2. The number of methoxy groups -OCH3 is 1. The van der Waals surface area contributed by atoms with Gasteiger partial charge in [-0.05, 0) is 32.4 Å². The van der Waals surface area contributed by atoms with Gasteiger partial charge < -0.3 is 20.5 Å². The summed E-state index contributed by atoms with van der Waals surface area (Å²) in [7, 11) is 1.58. The van der Waals surface area contributed by atoms with Gasteiger partial charge in [0.15, 0.2) is 11.5 Å². The highest BCUT2D eigenvalue weighted by atomic mass is 16.5. The topological polar surface area (TPSA) is 73.6 Å². The van der Waals surface area contributed by atoms with Crippen molar-refractivity contribution < 1.29 is 14.3 Å². The fraction of sp³-hybridized carbons (Fsp3) is 0.533. The molecule has 0 aromatic heterocycles. The first-order chi connectivity index (χ1) is 9.50. The third kappa shape index (κ3) is 3.63. The molecule has 112 valence electrons. The Kier molecular flexibility index (Phi) is 5.82. The number of ether oxygens (including phenoxy) is 2. The van der Waals surface area contributed by atoms with Crippen LogP contribution in [0, 0.1) is 5.41 Å². The van der Waals surface area contributed by atoms with E-state index < -0.39 is 5.41 Å². The molecule has 3 N–H and O–H groups in total. The first-order valence-electron chi connectivity index (χ1n) is 6.83. The van der Waals surface area contributed by atoms with E-state index in [1.54, 1.807) is 25.3 Å². The molecule has 1 unspecified atom stereocenters. The van der Waals surface area contributed by atoms with Gasteiger partial charge in [-0.15, -0.1) is 0 Å². The molecule has 5 heteroatoms. The zero-order valence-corrected chi connectivity index (χ0v) is 12.7. The third-order valence-corrected chi connectivity index (χ3v) is 3.50. The monoisotopic (exact) mass is 280 g/mol. The SMILES string of the molecule is CCOc1cc(NC(=O)C(C)(CC)CN)ccc1OC. The molecule has 1 rings (SSSR count). The molecule has 5 nitrogen and oxygen atoms in total. The van der Waals surface area contributed by atoms with E-state index in [1.807, 2.05) is 20.8 Å². The number of anilines is 1. The lowest BCUT2D eigenvalue weighted by Gasteiger charge is -2.25. The molecule has 0 spiro atoms. The number of hydrogen-bond acceptors (Lipinski definition) is 4. The van der Waals surface area contributed by atoms with Crippen LogP contribution >= 0.6 is 0 Å². The van der Waals surface area contributed by atoms with Gasteiger partial charge in [0.2, 0.25) is 5.91 Å². The molecule has 0 aliphatic rings. The van der Waals surface area contributed by atoms with Crippen LogP contribution in [-0.2, 0) is 4.79 Å². The lowest BCUT2D eigenvalue weighted by atomic mass is 9.86. The van der Waals surface area contributed by atoms with E-state index in [9.17, 15) is 4.79 Å². The number of nitrogens with two attached hydrogens (primary N) is 1. The molecule has 1 atom stereocenters. The van der Waals surface area contributed by atoms with Gasteiger partial charge in [-0.3, -0.25) is 4.79 Å². The highest BCUT2D eigenvalue weighted by Crippen LogP contribution is 2.31. The van der Waals surface area contributed by atoms with Crippen molar-refractivity contribution in [2.45, 2.75) is 27.2 Å². The van der Waals surface area contributed by atoms with Crippen molar-refractivity contribution >= 4 is 11.6 Å². The number of nitrogens with one attached hydrogen (secondary N) is 1. The molecular formula is C15H24N2O3. The van der Waals surface area contributed by atoms with Crippen LogP contribution in [0.4, 0.5) is 5.69 Å². The van der Waals surface area contributed by atoms with Crippen LogP contribution in [0.3, 0.4) is 0 Å². The highest BCUT2D eigenvalue weighted by Gasteiger charge is 2.29. The van der Waals surface area contributed by atoms with Gasteiger partial charge in [-0.2, -0.15) is 0 Å². The zero-order valence-electron chi connectivity index (χ0n) is 12.7. The summed E-state index contributed by atoms with van der Waals surface area (Å²) < 4.78 is 10.7. The smallest absolute Gasteiger partial charge is 0.231 e. The van der Waals surface area contributed by atoms with E-state index in [1.165, 1.54) is 0 Å². The van der Waals surface area contributed by atoms with Crippen LogP contribution in [0.1, 0.15) is 27.2 Å². The van der Waals surface area contributed by atoms with E-state index in [-0.39, 0.29) is 5.91 Å². The van der Waals surface area contributed by atoms with E-state index in [2.05, 4.69) is 5.32 Å². The summed E-state index contributed by atoms with van der Waals surface area (Å²) in [5, 5.41) is 2.88. The summed E-state index contributed by atoms with van der Waals surface area (Å²) in [5.41, 5.74) is 5.80. The minimum absolute atomic E-state index is 0.0879. The zero-order chi connectivity index (χ0) is 15.2. The molecule has 0 heterocycles. The second-order valence-corrected chi connectivity index (χ2v) is 4.87. The maximum atomic E-state index is 12.3. The summed E-state index contributed by atoms with van der Waals surface area (Å²) in [4.78, 5) is 12.3. The number of amides is 1. The quantitative estimate of drug-likeness (QED) is 0.804. The molecule has 20 heavy (non-hydrogen) atoms. The van der Waals surface area contributed by atoms with Crippen molar-refractivity contribution in [2.24, 2.45) is 11.1 Å². The van der Waals surface area contributed by atoms with Crippen LogP contribution in [0.5, 0.6) is 11.5 Å². The molecule has 0 saturated carbocycles. The van der Waals surface area contributed by atoms with Crippen molar-refractivity contribution in [3.8, 4) is 11.5 Å². The Bertz CT molecular complexity index is 456. The van der Waals surface area contributed by atoms with Crippen molar-refractivity contribution in [2.75, 3.05) is 25.6 Å². The number of benzene rings is 1. The van der Waals surface area contributed by atoms with Crippen molar-refractivity contribution in [3.05, 3.63) is 18.2 Å². The number of rotatable bonds is 7. The van der Waals surface area contributed by atoms with Gasteiger partial charge in [0.05, 0.1) is 19.1 Å². The molecular weight excluding hydrogens is 256 g/mol. The maximum Gasteiger partial charge on any atom is 0.231 e. The van der Waals surface area contributed by atoms with Crippen LogP contribution in [0.25, 0.3) is 0 Å². The maximum absolute atomic E-state index is 12.3. The molecule has 1 aromatic carbocycles. The Labute approximate surface area is 120 Å². The van der Waals surface area contributed by atoms with Gasteiger partial charge in [0.1, 0.15) is 0 Å². The lowest BCUT2D eigenvalue weighted by molar-refractivity contribution is -0.124. The van der Waals surface area contributed by atoms with Gasteiger partial charge in [0.25, 0.3) is 0 Å². The van der Waals surface area contributed by atoms with Crippen molar-refractivity contribution in [1.29, 1.82) is 0 Å². The van der Waals surface area contributed by atoms with Crippen molar-refractivity contribution in [1.82, 2.24) is 0 Å². The number of carbonyl (C=O) groups excluding carboxylic acids is 1. The summed E-state index contributed by atoms with van der Waals surface area (Å²) >= 11 is 0. The summed E-state index contributed by atoms with van der Waals surface area (Å²) in [6, 6.07) is 5.31. The van der Waals surface area contributed by atoms with E-state index in [4.69, 9.17) is 15.2 Å². The van der Waals surface area contributed by atoms with Crippen molar-refractivity contribution in [3.63, 3.8) is 0 Å². The minimum Gasteiger partial charge on any atom is -0.493 e. The molecule has 0 radical (unpaired) electrons. The van der Waals surface area contributed by atoms with Gasteiger partial charge in [0, 0.05) is 18.3 Å². The Morgan fingerprint density at radius 1 is 1.35 bits per heavy atom. The lowest BCUT2D eigenvalue weighted by Crippen LogP contribution is -2.39. The summed E-state index contributed by atoms with van der Waals surface area (Å²) in [6.45, 7) is 6.54. The van der Waals surface area contributed by atoms with E-state index in [0.29, 0.717) is 36.8 Å². The largest absolute Gasteiger partial charge is 0.493 e. The second kappa shape index (κ2) is 7.14. The molecule has 0 fully saturated rings. The fourth-order valence-corrected chi connectivity index (χ4v) is 1.70. The molecule has 1 amide bonds. The average Bonchev–Trinajstić information content (AvgIpc) is 2.47. The standard InChI is InChI=1S/C15H24N2O3/c1-5-15(3,10-16)14(18)17-11-7-8-12(19-4)13(9-11)20-6-2/h7-9H,5-6,10,16H2,1-4H3,(H,17,18). The van der Waals surface area contributed by atoms with Gasteiger partial charge in [-0.25, -0.2) is 0 Å². The molecule has 0 aliphatic carbocycles. The molecule has 1 aromatic rings. The first-order valence-corrected chi connectivity index (χ1v) is 6.83. The number of carbonyl (C=O) groups is 1. The predicted molar refractivity (Wildman–Crippen MR) is 80.2 cm³/mol. The van der Waals surface area contributed by atoms with Crippen LogP contribution in [0.2, 0.25) is 0 Å². The Morgan fingerprint density at radius 3 is 2.55 bits per heavy atom. The summed E-state index contributed by atoms with van der Waals surface area (Å²) in [6.07, 6.45) is 0.684. The Hall–Kier alpha value is -1.75. The van der Waals surface area contributed by atoms with Crippen LogP contribution < -0.4 is 20.5 Å². The average molecular weight is 280 g/mol. The first kappa shape index (κ1) is 16.3. The highest BCUT2D eigenvalue weighted by molar-refractivity contribution is 5.95. The molecule has 0 aliphatic heterocycles. The fourth-order valence-electron chi connectivity index (χ4n) is 1.70. The molecule has 0 saturated heterocycles. The van der Waals surface area contributed by atoms with Crippen LogP contribution in [0.15, 0.2) is 18.2 Å². The Balaban J connectivity index is 2.93. The van der Waals surface area contributed by atoms with Gasteiger partial charge in [-0.1, -0.05) is 6.92 Å². The van der Waals surface area contributed by atoms with Crippen LogP contribution in [-0.4, -0.2) is 26.2 Å². The van der Waals surface area contributed by atoms with E-state index in [0.717, 1.165) is 0 Å². The van der Waals surface area contributed by atoms with E-state index >= 15 is 0 Å². The van der Waals surface area contributed by atoms with Gasteiger partial charge >= 0.3 is 0 Å². The Morgan fingerprint density at radius 2 is 2.05 bits per heavy atom.